The van der Waals surface area contributed by atoms with E-state index < -0.39 is 11.8 Å². The zero-order chi connectivity index (χ0) is 13.1. The van der Waals surface area contributed by atoms with Crippen LogP contribution < -0.4 is 0 Å². The van der Waals surface area contributed by atoms with E-state index >= 15 is 0 Å². The average molecular weight is 246 g/mol. The van der Waals surface area contributed by atoms with E-state index in [-0.39, 0.29) is 5.56 Å². The molecule has 0 aliphatic rings. The maximum atomic E-state index is 13.7. The third kappa shape index (κ3) is 2.34. The molecule has 1 aromatic carbocycles. The minimum absolute atomic E-state index is 0.103. The second-order valence-electron chi connectivity index (χ2n) is 3.77. The summed E-state index contributed by atoms with van der Waals surface area (Å²) in [5.74, 6) is -0.941. The molecule has 18 heavy (non-hydrogen) atoms. The van der Waals surface area contributed by atoms with Crippen LogP contribution in [-0.4, -0.2) is 23.0 Å². The minimum atomic E-state index is -0.705. The molecule has 0 aliphatic heterocycles. The number of hydrogen-bond donors (Lipinski definition) is 0. The highest BCUT2D eigenvalue weighted by Gasteiger charge is 2.13. The van der Waals surface area contributed by atoms with Crippen LogP contribution >= 0.6 is 0 Å². The van der Waals surface area contributed by atoms with E-state index in [2.05, 4.69) is 14.7 Å². The van der Waals surface area contributed by atoms with Crippen LogP contribution in [0.3, 0.4) is 0 Å². The third-order valence-electron chi connectivity index (χ3n) is 2.41. The van der Waals surface area contributed by atoms with Crippen LogP contribution in [0.15, 0.2) is 30.6 Å². The van der Waals surface area contributed by atoms with Gasteiger partial charge in [0.1, 0.15) is 5.82 Å². The van der Waals surface area contributed by atoms with Gasteiger partial charge in [0.25, 0.3) is 0 Å². The molecule has 0 N–H and O–H groups in total. The third-order valence-corrected chi connectivity index (χ3v) is 2.41. The number of methoxy groups -OCH3 is 1. The Bertz CT molecular complexity index is 582. The largest absolute Gasteiger partial charge is 0.465 e. The Morgan fingerprint density at radius 3 is 2.50 bits per heavy atom. The molecule has 0 atom stereocenters. The van der Waals surface area contributed by atoms with Gasteiger partial charge in [-0.15, -0.1) is 0 Å². The van der Waals surface area contributed by atoms with E-state index in [1.165, 1.54) is 19.2 Å². The van der Waals surface area contributed by atoms with Crippen molar-refractivity contribution in [3.63, 3.8) is 0 Å². The molecular weight excluding hydrogens is 235 g/mol. The predicted octanol–water partition coefficient (Wildman–Crippen LogP) is 2.38. The highest BCUT2D eigenvalue weighted by Crippen LogP contribution is 2.19. The summed E-state index contributed by atoms with van der Waals surface area (Å²) >= 11 is 0. The number of carbonyl (C=O) groups excluding carboxylic acids is 1. The highest BCUT2D eigenvalue weighted by atomic mass is 19.1. The van der Waals surface area contributed by atoms with Gasteiger partial charge in [-0.1, -0.05) is 6.07 Å². The van der Waals surface area contributed by atoms with E-state index in [4.69, 9.17) is 0 Å². The van der Waals surface area contributed by atoms with Crippen LogP contribution in [0.1, 0.15) is 15.9 Å². The molecule has 92 valence electrons. The summed E-state index contributed by atoms with van der Waals surface area (Å²) in [5, 5.41) is 0. The molecular formula is C13H11FN2O2. The van der Waals surface area contributed by atoms with Crippen molar-refractivity contribution in [2.45, 2.75) is 6.92 Å². The fraction of sp³-hybridized carbons (Fsp3) is 0.154. The Balaban J connectivity index is 2.40. The van der Waals surface area contributed by atoms with Crippen molar-refractivity contribution in [2.24, 2.45) is 0 Å². The lowest BCUT2D eigenvalue weighted by Crippen LogP contribution is -2.04. The van der Waals surface area contributed by atoms with E-state index in [1.807, 2.05) is 6.92 Å². The summed E-state index contributed by atoms with van der Waals surface area (Å²) in [6.07, 6.45) is 3.29. The number of rotatable bonds is 2. The average Bonchev–Trinajstić information content (AvgIpc) is 2.38. The fourth-order valence-electron chi connectivity index (χ4n) is 1.47. The molecule has 0 saturated heterocycles. The van der Waals surface area contributed by atoms with Crippen molar-refractivity contribution >= 4 is 5.97 Å². The monoisotopic (exact) mass is 246 g/mol. The van der Waals surface area contributed by atoms with Gasteiger partial charge < -0.3 is 4.74 Å². The molecule has 0 amide bonds. The zero-order valence-electron chi connectivity index (χ0n) is 9.98. The second-order valence-corrected chi connectivity index (χ2v) is 3.77. The van der Waals surface area contributed by atoms with Crippen molar-refractivity contribution in [1.29, 1.82) is 0 Å². The van der Waals surface area contributed by atoms with Gasteiger partial charge in [-0.05, 0) is 24.6 Å². The zero-order valence-corrected chi connectivity index (χ0v) is 9.98. The molecule has 0 aliphatic carbocycles. The molecule has 0 spiro atoms. The molecule has 1 heterocycles. The number of aromatic nitrogens is 2. The Labute approximate surface area is 103 Å². The highest BCUT2D eigenvalue weighted by molar-refractivity contribution is 5.90. The number of halogens is 1. The van der Waals surface area contributed by atoms with Gasteiger partial charge in [0.15, 0.2) is 5.82 Å². The summed E-state index contributed by atoms with van der Waals surface area (Å²) in [6.45, 7) is 1.87. The molecule has 0 fully saturated rings. The number of hydrogen-bond acceptors (Lipinski definition) is 4. The molecule has 2 aromatic rings. The van der Waals surface area contributed by atoms with Crippen molar-refractivity contribution in [2.75, 3.05) is 7.11 Å². The van der Waals surface area contributed by atoms with E-state index in [0.29, 0.717) is 11.4 Å². The molecule has 1 aromatic heterocycles. The molecule has 4 nitrogen and oxygen atoms in total. The van der Waals surface area contributed by atoms with E-state index in [1.54, 1.807) is 18.5 Å². The number of esters is 1. The Kier molecular flexibility index (Phi) is 3.32. The number of aryl methyl sites for hydroxylation is 1. The van der Waals surface area contributed by atoms with Crippen LogP contribution in [0.2, 0.25) is 0 Å². The van der Waals surface area contributed by atoms with Crippen molar-refractivity contribution in [3.8, 4) is 11.4 Å². The normalized spacial score (nSPS) is 10.2. The standard InChI is InChI=1S/C13H11FN2O2/c1-8-6-15-12(16-7-8)9-3-4-10(11(14)5-9)13(17)18-2/h3-7H,1-2H3. The maximum Gasteiger partial charge on any atom is 0.340 e. The number of benzene rings is 1. The number of ether oxygens (including phenoxy) is 1. The Morgan fingerprint density at radius 2 is 1.94 bits per heavy atom. The lowest BCUT2D eigenvalue weighted by Gasteiger charge is -2.04. The lowest BCUT2D eigenvalue weighted by molar-refractivity contribution is 0.0595. The summed E-state index contributed by atoms with van der Waals surface area (Å²) in [7, 11) is 1.21. The minimum Gasteiger partial charge on any atom is -0.465 e. The summed E-state index contributed by atoms with van der Waals surface area (Å²) in [5.41, 5.74) is 1.33. The predicted molar refractivity (Wildman–Crippen MR) is 63.5 cm³/mol. The first-order valence-electron chi connectivity index (χ1n) is 5.28. The van der Waals surface area contributed by atoms with E-state index in [9.17, 15) is 9.18 Å². The van der Waals surface area contributed by atoms with Crippen molar-refractivity contribution in [1.82, 2.24) is 9.97 Å². The van der Waals surface area contributed by atoms with Gasteiger partial charge in [-0.3, -0.25) is 0 Å². The molecule has 5 heteroatoms. The molecule has 0 saturated carbocycles. The topological polar surface area (TPSA) is 52.1 Å². The quantitative estimate of drug-likeness (QED) is 0.763. The summed E-state index contributed by atoms with van der Waals surface area (Å²) in [4.78, 5) is 19.4. The van der Waals surface area contributed by atoms with Crippen LogP contribution in [0.5, 0.6) is 0 Å². The first kappa shape index (κ1) is 12.2. The fourth-order valence-corrected chi connectivity index (χ4v) is 1.47. The number of nitrogens with zero attached hydrogens (tertiary/aromatic N) is 2. The summed E-state index contributed by atoms with van der Waals surface area (Å²) < 4.78 is 18.2. The smallest absolute Gasteiger partial charge is 0.340 e. The lowest BCUT2D eigenvalue weighted by atomic mass is 10.1. The summed E-state index contributed by atoms with van der Waals surface area (Å²) in [6, 6.07) is 4.16. The van der Waals surface area contributed by atoms with Gasteiger partial charge in [-0.2, -0.15) is 0 Å². The van der Waals surface area contributed by atoms with Crippen molar-refractivity contribution < 1.29 is 13.9 Å². The Morgan fingerprint density at radius 1 is 1.28 bits per heavy atom. The van der Waals surface area contributed by atoms with Gasteiger partial charge in [0.2, 0.25) is 0 Å². The molecule has 0 unspecified atom stereocenters. The van der Waals surface area contributed by atoms with Gasteiger partial charge >= 0.3 is 5.97 Å². The van der Waals surface area contributed by atoms with Crippen LogP contribution in [0.25, 0.3) is 11.4 Å². The van der Waals surface area contributed by atoms with Gasteiger partial charge in [-0.25, -0.2) is 19.2 Å². The van der Waals surface area contributed by atoms with Gasteiger partial charge in [0, 0.05) is 18.0 Å². The van der Waals surface area contributed by atoms with Crippen molar-refractivity contribution in [3.05, 3.63) is 47.5 Å². The molecule has 2 rings (SSSR count). The molecule has 0 radical (unpaired) electrons. The SMILES string of the molecule is COC(=O)c1ccc(-c2ncc(C)cn2)cc1F. The maximum absolute atomic E-state index is 13.7. The van der Waals surface area contributed by atoms with E-state index in [0.717, 1.165) is 5.56 Å². The van der Waals surface area contributed by atoms with Crippen LogP contribution in [-0.2, 0) is 4.74 Å². The number of carbonyl (C=O) groups is 1. The first-order chi connectivity index (χ1) is 8.61. The van der Waals surface area contributed by atoms with Crippen LogP contribution in [0, 0.1) is 12.7 Å². The molecule has 0 bridgehead atoms. The second kappa shape index (κ2) is 4.91. The van der Waals surface area contributed by atoms with Gasteiger partial charge in [0.05, 0.1) is 12.7 Å². The first-order valence-corrected chi connectivity index (χ1v) is 5.28. The Hall–Kier alpha value is -2.30. The van der Waals surface area contributed by atoms with Crippen LogP contribution in [0.4, 0.5) is 4.39 Å².